The number of aliphatic hydroxyl groups is 1. The number of fused-ring (bicyclic) bond motifs is 3. The first-order valence-electron chi connectivity index (χ1n) is 9.08. The summed E-state index contributed by atoms with van der Waals surface area (Å²) in [6.45, 7) is 4.38. The predicted octanol–water partition coefficient (Wildman–Crippen LogP) is 0.553. The van der Waals surface area contributed by atoms with Crippen LogP contribution in [0, 0.1) is 0 Å². The topological polar surface area (TPSA) is 95.9 Å². The minimum atomic E-state index is -0.544. The van der Waals surface area contributed by atoms with Crippen LogP contribution in [0.2, 0.25) is 0 Å². The van der Waals surface area contributed by atoms with Gasteiger partial charge in [0, 0.05) is 18.7 Å². The lowest BCUT2D eigenvalue weighted by atomic mass is 10.1. The Bertz CT molecular complexity index is 743. The Hall–Kier alpha value is -2.32. The van der Waals surface area contributed by atoms with Crippen LogP contribution < -0.4 is 15.2 Å². The van der Waals surface area contributed by atoms with Gasteiger partial charge in [-0.3, -0.25) is 9.89 Å². The SMILES string of the molecule is COc1c(OC[C@H](O)CN2CCCC2)ccc2c1N=C(N)N1CCN=C21. The number of amidine groups is 1. The molecule has 1 aromatic carbocycles. The molecule has 0 saturated carbocycles. The molecule has 0 radical (unpaired) electrons. The third-order valence-electron chi connectivity index (χ3n) is 4.98. The van der Waals surface area contributed by atoms with E-state index >= 15 is 0 Å². The van der Waals surface area contributed by atoms with Gasteiger partial charge >= 0.3 is 0 Å². The average Bonchev–Trinajstić information content (AvgIpc) is 3.31. The molecule has 0 amide bonds. The van der Waals surface area contributed by atoms with Gasteiger partial charge in [-0.25, -0.2) is 4.99 Å². The lowest BCUT2D eigenvalue weighted by Gasteiger charge is -2.26. The summed E-state index contributed by atoms with van der Waals surface area (Å²) in [5.41, 5.74) is 7.60. The maximum atomic E-state index is 10.3. The van der Waals surface area contributed by atoms with Crippen molar-refractivity contribution in [2.45, 2.75) is 18.9 Å². The van der Waals surface area contributed by atoms with E-state index in [1.54, 1.807) is 7.11 Å². The van der Waals surface area contributed by atoms with E-state index in [9.17, 15) is 5.11 Å². The first-order chi connectivity index (χ1) is 12.7. The van der Waals surface area contributed by atoms with Gasteiger partial charge in [0.1, 0.15) is 24.2 Å². The van der Waals surface area contributed by atoms with Crippen molar-refractivity contribution in [2.24, 2.45) is 15.7 Å². The van der Waals surface area contributed by atoms with Gasteiger partial charge in [-0.2, -0.15) is 0 Å². The van der Waals surface area contributed by atoms with Gasteiger partial charge < -0.3 is 25.2 Å². The number of β-amino-alcohol motifs (C(OH)–C–C–N with tert-alkyl or cyclic N) is 1. The third-order valence-corrected chi connectivity index (χ3v) is 4.98. The van der Waals surface area contributed by atoms with Crippen molar-refractivity contribution in [3.8, 4) is 11.5 Å². The summed E-state index contributed by atoms with van der Waals surface area (Å²) in [6, 6.07) is 3.77. The molecular weight excluding hydrogens is 334 g/mol. The molecule has 0 bridgehead atoms. The molecule has 1 fully saturated rings. The highest BCUT2D eigenvalue weighted by Crippen LogP contribution is 2.43. The van der Waals surface area contributed by atoms with Gasteiger partial charge in [0.15, 0.2) is 11.5 Å². The fraction of sp³-hybridized carbons (Fsp3) is 0.556. The van der Waals surface area contributed by atoms with Crippen molar-refractivity contribution in [3.63, 3.8) is 0 Å². The largest absolute Gasteiger partial charge is 0.491 e. The summed E-state index contributed by atoms with van der Waals surface area (Å²) < 4.78 is 11.4. The maximum absolute atomic E-state index is 10.3. The van der Waals surface area contributed by atoms with Crippen molar-refractivity contribution in [3.05, 3.63) is 17.7 Å². The van der Waals surface area contributed by atoms with E-state index in [2.05, 4.69) is 14.9 Å². The number of ether oxygens (including phenoxy) is 2. The van der Waals surface area contributed by atoms with Gasteiger partial charge in [0.05, 0.1) is 13.7 Å². The van der Waals surface area contributed by atoms with E-state index in [0.29, 0.717) is 36.2 Å². The number of hydrogen-bond acceptors (Lipinski definition) is 8. The van der Waals surface area contributed by atoms with E-state index in [4.69, 9.17) is 15.2 Å². The van der Waals surface area contributed by atoms with Crippen LogP contribution in [0.1, 0.15) is 18.4 Å². The predicted molar refractivity (Wildman–Crippen MR) is 99.6 cm³/mol. The van der Waals surface area contributed by atoms with Gasteiger partial charge in [-0.05, 0) is 38.1 Å². The molecule has 3 N–H and O–H groups in total. The summed E-state index contributed by atoms with van der Waals surface area (Å²) >= 11 is 0. The molecule has 8 heteroatoms. The number of methoxy groups -OCH3 is 1. The molecule has 0 aromatic heterocycles. The second-order valence-electron chi connectivity index (χ2n) is 6.79. The smallest absolute Gasteiger partial charge is 0.202 e. The number of aliphatic hydroxyl groups excluding tert-OH is 1. The van der Waals surface area contributed by atoms with Crippen molar-refractivity contribution in [2.75, 3.05) is 46.4 Å². The number of likely N-dealkylation sites (tertiary alicyclic amines) is 1. The van der Waals surface area contributed by atoms with Crippen LogP contribution in [0.3, 0.4) is 0 Å². The van der Waals surface area contributed by atoms with E-state index in [1.807, 2.05) is 17.0 Å². The Morgan fingerprint density at radius 1 is 1.27 bits per heavy atom. The van der Waals surface area contributed by atoms with Gasteiger partial charge in [-0.15, -0.1) is 0 Å². The van der Waals surface area contributed by atoms with E-state index < -0.39 is 6.10 Å². The molecule has 4 rings (SSSR count). The maximum Gasteiger partial charge on any atom is 0.202 e. The number of rotatable bonds is 6. The zero-order chi connectivity index (χ0) is 18.1. The molecule has 1 atom stereocenters. The highest BCUT2D eigenvalue weighted by atomic mass is 16.5. The summed E-state index contributed by atoms with van der Waals surface area (Å²) in [5.74, 6) is 2.31. The zero-order valence-corrected chi connectivity index (χ0v) is 15.0. The molecule has 3 aliphatic heterocycles. The Kier molecular flexibility index (Phi) is 4.69. The fourth-order valence-corrected chi connectivity index (χ4v) is 3.73. The number of nitrogens with two attached hydrogens (primary N) is 1. The van der Waals surface area contributed by atoms with Crippen molar-refractivity contribution < 1.29 is 14.6 Å². The van der Waals surface area contributed by atoms with E-state index in [0.717, 1.165) is 31.0 Å². The standard InChI is InChI=1S/C18H25N5O3/c1-25-16-14(26-11-12(24)10-22-7-2-3-8-22)5-4-13-15(16)21-18(19)23-9-6-20-17(13)23/h4-5,12,24H,2-3,6-11H2,1H3,(H2,19,21)/t12-/m1/s1. The summed E-state index contributed by atoms with van der Waals surface area (Å²) in [5, 5.41) is 10.3. The molecule has 0 spiro atoms. The minimum Gasteiger partial charge on any atom is -0.491 e. The van der Waals surface area contributed by atoms with E-state index in [1.165, 1.54) is 12.8 Å². The second-order valence-corrected chi connectivity index (χ2v) is 6.79. The van der Waals surface area contributed by atoms with Gasteiger partial charge in [-0.1, -0.05) is 0 Å². The summed E-state index contributed by atoms with van der Waals surface area (Å²) in [7, 11) is 1.58. The van der Waals surface area contributed by atoms with Crippen molar-refractivity contribution in [1.29, 1.82) is 0 Å². The lowest BCUT2D eigenvalue weighted by Crippen LogP contribution is -2.42. The summed E-state index contributed by atoms with van der Waals surface area (Å²) in [6.07, 6.45) is 1.86. The van der Waals surface area contributed by atoms with Crippen LogP contribution in [-0.2, 0) is 0 Å². The van der Waals surface area contributed by atoms with Crippen LogP contribution in [0.25, 0.3) is 0 Å². The Morgan fingerprint density at radius 2 is 2.08 bits per heavy atom. The molecule has 0 aliphatic carbocycles. The second kappa shape index (κ2) is 7.13. The highest BCUT2D eigenvalue weighted by molar-refractivity contribution is 6.16. The van der Waals surface area contributed by atoms with Crippen molar-refractivity contribution >= 4 is 17.5 Å². The average molecular weight is 359 g/mol. The van der Waals surface area contributed by atoms with Crippen LogP contribution in [0.4, 0.5) is 5.69 Å². The monoisotopic (exact) mass is 359 g/mol. The molecule has 3 aliphatic rings. The van der Waals surface area contributed by atoms with Crippen LogP contribution in [0.15, 0.2) is 22.1 Å². The lowest BCUT2D eigenvalue weighted by molar-refractivity contribution is 0.0747. The van der Waals surface area contributed by atoms with Crippen LogP contribution >= 0.6 is 0 Å². The molecule has 3 heterocycles. The quantitative estimate of drug-likeness (QED) is 0.770. The molecule has 1 aromatic rings. The normalized spacial score (nSPS) is 20.3. The molecule has 140 valence electrons. The number of hydrogen-bond donors (Lipinski definition) is 2. The van der Waals surface area contributed by atoms with E-state index in [-0.39, 0.29) is 6.61 Å². The zero-order valence-electron chi connectivity index (χ0n) is 15.0. The minimum absolute atomic E-state index is 0.206. The fourth-order valence-electron chi connectivity index (χ4n) is 3.73. The highest BCUT2D eigenvalue weighted by Gasteiger charge is 2.31. The number of aliphatic imine (C=N–C) groups is 2. The van der Waals surface area contributed by atoms with Crippen LogP contribution in [0.5, 0.6) is 11.5 Å². The first kappa shape index (κ1) is 17.1. The molecule has 1 saturated heterocycles. The molecule has 26 heavy (non-hydrogen) atoms. The molecular formula is C18H25N5O3. The Labute approximate surface area is 152 Å². The number of guanidine groups is 1. The summed E-state index contributed by atoms with van der Waals surface area (Å²) in [4.78, 5) is 13.2. The van der Waals surface area contributed by atoms with Gasteiger partial charge in [0.25, 0.3) is 0 Å². The number of nitrogens with zero attached hydrogens (tertiary/aromatic N) is 4. The van der Waals surface area contributed by atoms with Gasteiger partial charge in [0.2, 0.25) is 5.96 Å². The number of benzene rings is 1. The molecule has 8 nitrogen and oxygen atoms in total. The Morgan fingerprint density at radius 3 is 2.85 bits per heavy atom. The molecule has 0 unspecified atom stereocenters. The third kappa shape index (κ3) is 3.10. The van der Waals surface area contributed by atoms with Crippen LogP contribution in [-0.4, -0.2) is 79.2 Å². The first-order valence-corrected chi connectivity index (χ1v) is 9.08. The Balaban J connectivity index is 1.52. The van der Waals surface area contributed by atoms with Crippen molar-refractivity contribution in [1.82, 2.24) is 9.80 Å².